The highest BCUT2D eigenvalue weighted by atomic mass is 16.3. The normalized spacial score (nSPS) is 22.6. The number of rotatable bonds is 8. The van der Waals surface area contributed by atoms with Gasteiger partial charge in [-0.25, -0.2) is 0 Å². The third-order valence-electron chi connectivity index (χ3n) is 3.91. The van der Waals surface area contributed by atoms with Crippen LogP contribution in [0.3, 0.4) is 0 Å². The highest BCUT2D eigenvalue weighted by Crippen LogP contribution is 2.47. The fourth-order valence-electron chi connectivity index (χ4n) is 2.44. The predicted octanol–water partition coefficient (Wildman–Crippen LogP) is 2.61. The summed E-state index contributed by atoms with van der Waals surface area (Å²) in [5, 5.41) is 12.3. The fraction of sp³-hybridized carbons (Fsp3) is 0.688. The second kappa shape index (κ2) is 6.93. The molecule has 112 valence electrons. The maximum Gasteiger partial charge on any atom is 0.220 e. The molecule has 2 N–H and O–H groups in total. The Hall–Kier alpha value is -1.29. The molecule has 1 fully saturated rings. The molecule has 1 aliphatic carbocycles. The van der Waals surface area contributed by atoms with Crippen molar-refractivity contribution in [3.8, 4) is 0 Å². The Labute approximate surface area is 120 Å². The van der Waals surface area contributed by atoms with Crippen LogP contribution in [0.2, 0.25) is 0 Å². The standard InChI is InChI=1S/C16H25NO3/c1-3-4-12(18)10-17-16(19)8-6-13-5-7-15(20-13)14-9-11(14)2/h5,7,11-12,14,18H,3-4,6,8-10H2,1-2H3,(H,17,19). The van der Waals surface area contributed by atoms with Crippen molar-refractivity contribution in [3.63, 3.8) is 0 Å². The van der Waals surface area contributed by atoms with E-state index >= 15 is 0 Å². The van der Waals surface area contributed by atoms with E-state index < -0.39 is 6.10 Å². The van der Waals surface area contributed by atoms with Gasteiger partial charge in [-0.05, 0) is 30.9 Å². The Morgan fingerprint density at radius 2 is 2.30 bits per heavy atom. The SMILES string of the molecule is CCCC(O)CNC(=O)CCc1ccc(C2CC2C)o1. The van der Waals surface area contributed by atoms with Crippen LogP contribution in [-0.4, -0.2) is 23.7 Å². The van der Waals surface area contributed by atoms with E-state index in [1.165, 1.54) is 6.42 Å². The Bertz CT molecular complexity index is 441. The third-order valence-corrected chi connectivity index (χ3v) is 3.91. The molecule has 0 bridgehead atoms. The van der Waals surface area contributed by atoms with E-state index in [1.54, 1.807) is 0 Å². The van der Waals surface area contributed by atoms with Crippen molar-refractivity contribution in [1.29, 1.82) is 0 Å². The molecule has 0 saturated heterocycles. The molecule has 0 aromatic carbocycles. The number of nitrogens with one attached hydrogen (secondary N) is 1. The van der Waals surface area contributed by atoms with Gasteiger partial charge in [-0.2, -0.15) is 0 Å². The first-order chi connectivity index (χ1) is 9.60. The summed E-state index contributed by atoms with van der Waals surface area (Å²) < 4.78 is 5.76. The Morgan fingerprint density at radius 3 is 2.95 bits per heavy atom. The van der Waals surface area contributed by atoms with Crippen LogP contribution in [0.4, 0.5) is 0 Å². The van der Waals surface area contributed by atoms with Crippen LogP contribution in [0.5, 0.6) is 0 Å². The number of hydrogen-bond donors (Lipinski definition) is 2. The molecular formula is C16H25NO3. The van der Waals surface area contributed by atoms with Gasteiger partial charge in [-0.15, -0.1) is 0 Å². The van der Waals surface area contributed by atoms with Crippen molar-refractivity contribution < 1.29 is 14.3 Å². The molecule has 1 aliphatic rings. The minimum absolute atomic E-state index is 0.0297. The summed E-state index contributed by atoms with van der Waals surface area (Å²) in [5.41, 5.74) is 0. The lowest BCUT2D eigenvalue weighted by atomic mass is 10.2. The van der Waals surface area contributed by atoms with E-state index in [2.05, 4.69) is 12.2 Å². The summed E-state index contributed by atoms with van der Waals surface area (Å²) in [6.45, 7) is 4.58. The average Bonchev–Trinajstić information content (AvgIpc) is 2.97. The Balaban J connectivity index is 1.66. The first-order valence-electron chi connectivity index (χ1n) is 7.63. The summed E-state index contributed by atoms with van der Waals surface area (Å²) in [4.78, 5) is 11.7. The van der Waals surface area contributed by atoms with Crippen LogP contribution in [-0.2, 0) is 11.2 Å². The lowest BCUT2D eigenvalue weighted by Gasteiger charge is -2.10. The monoisotopic (exact) mass is 279 g/mol. The van der Waals surface area contributed by atoms with Gasteiger partial charge in [0.15, 0.2) is 0 Å². The summed E-state index contributed by atoms with van der Waals surface area (Å²) in [6.07, 6.45) is 3.45. The smallest absolute Gasteiger partial charge is 0.220 e. The summed E-state index contributed by atoms with van der Waals surface area (Å²) in [7, 11) is 0. The van der Waals surface area contributed by atoms with Crippen molar-refractivity contribution in [2.24, 2.45) is 5.92 Å². The first kappa shape index (κ1) is 15.1. The maximum absolute atomic E-state index is 11.7. The van der Waals surface area contributed by atoms with Gasteiger partial charge in [0.25, 0.3) is 0 Å². The molecule has 1 amide bonds. The molecule has 3 atom stereocenters. The second-order valence-corrected chi connectivity index (χ2v) is 5.87. The van der Waals surface area contributed by atoms with E-state index in [-0.39, 0.29) is 5.91 Å². The van der Waals surface area contributed by atoms with E-state index in [4.69, 9.17) is 4.42 Å². The van der Waals surface area contributed by atoms with Crippen LogP contribution < -0.4 is 5.32 Å². The fourth-order valence-corrected chi connectivity index (χ4v) is 2.44. The topological polar surface area (TPSA) is 62.5 Å². The summed E-state index contributed by atoms with van der Waals surface area (Å²) in [5.74, 6) is 3.23. The van der Waals surface area contributed by atoms with Gasteiger partial charge in [0.2, 0.25) is 5.91 Å². The van der Waals surface area contributed by atoms with Gasteiger partial charge >= 0.3 is 0 Å². The Morgan fingerprint density at radius 1 is 1.55 bits per heavy atom. The predicted molar refractivity (Wildman–Crippen MR) is 77.5 cm³/mol. The van der Waals surface area contributed by atoms with Crippen LogP contribution in [0.25, 0.3) is 0 Å². The van der Waals surface area contributed by atoms with Gasteiger partial charge in [0, 0.05) is 25.3 Å². The lowest BCUT2D eigenvalue weighted by molar-refractivity contribution is -0.121. The largest absolute Gasteiger partial charge is 0.466 e. The number of carbonyl (C=O) groups is 1. The molecule has 0 radical (unpaired) electrons. The molecule has 4 heteroatoms. The maximum atomic E-state index is 11.7. The molecule has 0 aliphatic heterocycles. The number of amides is 1. The van der Waals surface area contributed by atoms with Crippen molar-refractivity contribution in [1.82, 2.24) is 5.32 Å². The number of aryl methyl sites for hydroxylation is 1. The van der Waals surface area contributed by atoms with Gasteiger partial charge in [0.05, 0.1) is 6.10 Å². The molecule has 1 saturated carbocycles. The average molecular weight is 279 g/mol. The van der Waals surface area contributed by atoms with Crippen molar-refractivity contribution in [2.45, 2.75) is 58.0 Å². The zero-order valence-electron chi connectivity index (χ0n) is 12.4. The molecule has 1 aromatic rings. The Kier molecular flexibility index (Phi) is 5.24. The number of hydrogen-bond acceptors (Lipinski definition) is 3. The highest BCUT2D eigenvalue weighted by molar-refractivity contribution is 5.76. The summed E-state index contributed by atoms with van der Waals surface area (Å²) >= 11 is 0. The molecule has 1 aromatic heterocycles. The van der Waals surface area contributed by atoms with E-state index in [9.17, 15) is 9.90 Å². The zero-order chi connectivity index (χ0) is 14.5. The molecule has 1 heterocycles. The van der Waals surface area contributed by atoms with Crippen molar-refractivity contribution in [3.05, 3.63) is 23.7 Å². The minimum atomic E-state index is -0.435. The number of aliphatic hydroxyl groups is 1. The zero-order valence-corrected chi connectivity index (χ0v) is 12.4. The van der Waals surface area contributed by atoms with Crippen LogP contribution >= 0.6 is 0 Å². The molecule has 3 unspecified atom stereocenters. The van der Waals surface area contributed by atoms with Gasteiger partial charge < -0.3 is 14.8 Å². The van der Waals surface area contributed by atoms with E-state index in [0.717, 1.165) is 30.3 Å². The van der Waals surface area contributed by atoms with Gasteiger partial charge in [-0.1, -0.05) is 20.3 Å². The molecule has 4 nitrogen and oxygen atoms in total. The van der Waals surface area contributed by atoms with Crippen molar-refractivity contribution >= 4 is 5.91 Å². The number of furan rings is 1. The van der Waals surface area contributed by atoms with Gasteiger partial charge in [-0.3, -0.25) is 4.79 Å². The molecule has 0 spiro atoms. The lowest BCUT2D eigenvalue weighted by Crippen LogP contribution is -2.32. The highest BCUT2D eigenvalue weighted by Gasteiger charge is 2.36. The molecular weight excluding hydrogens is 254 g/mol. The second-order valence-electron chi connectivity index (χ2n) is 5.87. The molecule has 20 heavy (non-hydrogen) atoms. The number of aliphatic hydroxyl groups excluding tert-OH is 1. The summed E-state index contributed by atoms with van der Waals surface area (Å²) in [6, 6.07) is 4.01. The van der Waals surface area contributed by atoms with Crippen LogP contribution in [0.15, 0.2) is 16.5 Å². The number of carbonyl (C=O) groups excluding carboxylic acids is 1. The quantitative estimate of drug-likeness (QED) is 0.769. The van der Waals surface area contributed by atoms with E-state index in [1.807, 2.05) is 19.1 Å². The third kappa shape index (κ3) is 4.37. The first-order valence-corrected chi connectivity index (χ1v) is 7.63. The van der Waals surface area contributed by atoms with Crippen LogP contribution in [0, 0.1) is 5.92 Å². The van der Waals surface area contributed by atoms with Crippen molar-refractivity contribution in [2.75, 3.05) is 6.54 Å². The van der Waals surface area contributed by atoms with Crippen LogP contribution in [0.1, 0.15) is 57.0 Å². The minimum Gasteiger partial charge on any atom is -0.466 e. The van der Waals surface area contributed by atoms with E-state index in [0.29, 0.717) is 25.3 Å². The van der Waals surface area contributed by atoms with Gasteiger partial charge in [0.1, 0.15) is 11.5 Å². The molecule has 2 rings (SSSR count).